The summed E-state index contributed by atoms with van der Waals surface area (Å²) in [5, 5.41) is 0. The Morgan fingerprint density at radius 3 is 2.94 bits per heavy atom. The van der Waals surface area contributed by atoms with Gasteiger partial charge in [-0.1, -0.05) is 0 Å². The highest BCUT2D eigenvalue weighted by Crippen LogP contribution is 2.21. The van der Waals surface area contributed by atoms with Crippen molar-refractivity contribution < 1.29 is 13.9 Å². The summed E-state index contributed by atoms with van der Waals surface area (Å²) < 4.78 is 18.3. The molecule has 1 aliphatic heterocycles. The predicted octanol–water partition coefficient (Wildman–Crippen LogP) is 1.26. The van der Waals surface area contributed by atoms with Crippen LogP contribution in [0.25, 0.3) is 0 Å². The van der Waals surface area contributed by atoms with Crippen LogP contribution in [0.3, 0.4) is 0 Å². The van der Waals surface area contributed by atoms with Crippen LogP contribution in [-0.2, 0) is 0 Å². The van der Waals surface area contributed by atoms with Crippen molar-refractivity contribution in [2.24, 2.45) is 11.7 Å². The molecule has 1 unspecified atom stereocenters. The van der Waals surface area contributed by atoms with Gasteiger partial charge in [0.25, 0.3) is 5.91 Å². The number of hydrogen-bond donors (Lipinski definition) is 1. The van der Waals surface area contributed by atoms with Crippen LogP contribution in [0.4, 0.5) is 4.39 Å². The van der Waals surface area contributed by atoms with Gasteiger partial charge in [0.1, 0.15) is 0 Å². The van der Waals surface area contributed by atoms with E-state index in [0.717, 1.165) is 6.42 Å². The molecule has 4 nitrogen and oxygen atoms in total. The molecule has 1 fully saturated rings. The Bertz CT molecular complexity index is 451. The number of carbonyl (C=O) groups excluding carboxylic acids is 1. The fraction of sp³-hybridized carbons (Fsp3) is 0.462. The largest absolute Gasteiger partial charge is 0.494 e. The average molecular weight is 252 g/mol. The first-order chi connectivity index (χ1) is 8.65. The lowest BCUT2D eigenvalue weighted by Gasteiger charge is -2.16. The third-order valence-electron chi connectivity index (χ3n) is 3.31. The number of halogens is 1. The Morgan fingerprint density at radius 2 is 2.39 bits per heavy atom. The summed E-state index contributed by atoms with van der Waals surface area (Å²) in [6.07, 6.45) is 0.918. The molecule has 1 saturated heterocycles. The van der Waals surface area contributed by atoms with Crippen LogP contribution >= 0.6 is 0 Å². The van der Waals surface area contributed by atoms with Gasteiger partial charge in [-0.05, 0) is 37.1 Å². The van der Waals surface area contributed by atoms with Crippen molar-refractivity contribution in [3.8, 4) is 5.75 Å². The summed E-state index contributed by atoms with van der Waals surface area (Å²) in [4.78, 5) is 13.9. The van der Waals surface area contributed by atoms with Crippen LogP contribution in [0.15, 0.2) is 18.2 Å². The van der Waals surface area contributed by atoms with Gasteiger partial charge in [0, 0.05) is 18.7 Å². The maximum Gasteiger partial charge on any atom is 0.253 e. The van der Waals surface area contributed by atoms with Gasteiger partial charge < -0.3 is 15.4 Å². The lowest BCUT2D eigenvalue weighted by Crippen LogP contribution is -2.29. The predicted molar refractivity (Wildman–Crippen MR) is 66.0 cm³/mol. The van der Waals surface area contributed by atoms with E-state index in [0.29, 0.717) is 31.1 Å². The maximum atomic E-state index is 13.5. The molecule has 0 aromatic heterocycles. The van der Waals surface area contributed by atoms with E-state index in [1.807, 2.05) is 0 Å². The standard InChI is InChI=1S/C13H17FN2O2/c1-18-12-3-2-10(6-11(12)14)13(17)16-5-4-9(7-15)8-16/h2-3,6,9H,4-5,7-8,15H2,1H3. The van der Waals surface area contributed by atoms with Gasteiger partial charge in [-0.3, -0.25) is 4.79 Å². The summed E-state index contributed by atoms with van der Waals surface area (Å²) in [6.45, 7) is 1.93. The Kier molecular flexibility index (Phi) is 3.81. The highest BCUT2D eigenvalue weighted by Gasteiger charge is 2.26. The minimum Gasteiger partial charge on any atom is -0.494 e. The van der Waals surface area contributed by atoms with Gasteiger partial charge in [0.2, 0.25) is 0 Å². The van der Waals surface area contributed by atoms with Crippen molar-refractivity contribution in [1.82, 2.24) is 4.90 Å². The monoisotopic (exact) mass is 252 g/mol. The molecule has 0 saturated carbocycles. The van der Waals surface area contributed by atoms with E-state index in [-0.39, 0.29) is 11.7 Å². The fourth-order valence-corrected chi connectivity index (χ4v) is 2.19. The second-order valence-electron chi connectivity index (χ2n) is 4.49. The molecular weight excluding hydrogens is 235 g/mol. The van der Waals surface area contributed by atoms with Gasteiger partial charge in [0.05, 0.1) is 7.11 Å². The summed E-state index contributed by atoms with van der Waals surface area (Å²) in [5.74, 6) is -0.157. The highest BCUT2D eigenvalue weighted by molar-refractivity contribution is 5.94. The van der Waals surface area contributed by atoms with E-state index >= 15 is 0 Å². The number of nitrogens with two attached hydrogens (primary N) is 1. The summed E-state index contributed by atoms with van der Waals surface area (Å²) in [6, 6.07) is 4.27. The molecule has 98 valence electrons. The molecule has 0 spiro atoms. The Morgan fingerprint density at radius 1 is 1.61 bits per heavy atom. The SMILES string of the molecule is COc1ccc(C(=O)N2CCC(CN)C2)cc1F. The quantitative estimate of drug-likeness (QED) is 0.881. The molecule has 5 heteroatoms. The molecule has 1 aliphatic rings. The number of ether oxygens (including phenoxy) is 1. The number of likely N-dealkylation sites (tertiary alicyclic amines) is 1. The molecule has 18 heavy (non-hydrogen) atoms. The van der Waals surface area contributed by atoms with E-state index in [1.165, 1.54) is 19.2 Å². The number of rotatable bonds is 3. The number of hydrogen-bond acceptors (Lipinski definition) is 3. The number of carbonyl (C=O) groups is 1. The van der Waals surface area contributed by atoms with Gasteiger partial charge >= 0.3 is 0 Å². The molecule has 1 amide bonds. The third kappa shape index (κ3) is 2.46. The first-order valence-corrected chi connectivity index (χ1v) is 5.98. The molecule has 0 radical (unpaired) electrons. The number of amides is 1. The summed E-state index contributed by atoms with van der Waals surface area (Å²) in [5.41, 5.74) is 5.94. The Balaban J connectivity index is 2.12. The molecular formula is C13H17FN2O2. The van der Waals surface area contributed by atoms with Crippen LogP contribution in [0.1, 0.15) is 16.8 Å². The van der Waals surface area contributed by atoms with E-state index in [9.17, 15) is 9.18 Å². The maximum absolute atomic E-state index is 13.5. The lowest BCUT2D eigenvalue weighted by atomic mass is 10.1. The van der Waals surface area contributed by atoms with E-state index in [4.69, 9.17) is 10.5 Å². The topological polar surface area (TPSA) is 55.6 Å². The number of nitrogens with zero attached hydrogens (tertiary/aromatic N) is 1. The van der Waals surface area contributed by atoms with E-state index in [2.05, 4.69) is 0 Å². The van der Waals surface area contributed by atoms with Crippen molar-refractivity contribution in [2.45, 2.75) is 6.42 Å². The second-order valence-corrected chi connectivity index (χ2v) is 4.49. The Hall–Kier alpha value is -1.62. The van der Waals surface area contributed by atoms with Crippen molar-refractivity contribution >= 4 is 5.91 Å². The van der Waals surface area contributed by atoms with Crippen molar-refractivity contribution in [3.05, 3.63) is 29.6 Å². The zero-order valence-electron chi connectivity index (χ0n) is 10.4. The van der Waals surface area contributed by atoms with Crippen LogP contribution in [0.5, 0.6) is 5.75 Å². The summed E-state index contributed by atoms with van der Waals surface area (Å²) in [7, 11) is 1.40. The smallest absolute Gasteiger partial charge is 0.253 e. The van der Waals surface area contributed by atoms with Crippen molar-refractivity contribution in [3.63, 3.8) is 0 Å². The molecule has 0 bridgehead atoms. The normalized spacial score (nSPS) is 19.1. The van der Waals surface area contributed by atoms with Crippen molar-refractivity contribution in [2.75, 3.05) is 26.7 Å². The summed E-state index contributed by atoms with van der Waals surface area (Å²) >= 11 is 0. The van der Waals surface area contributed by atoms with Gasteiger partial charge in [0.15, 0.2) is 11.6 Å². The first kappa shape index (κ1) is 12.8. The zero-order valence-corrected chi connectivity index (χ0v) is 10.4. The van der Waals surface area contributed by atoms with Crippen LogP contribution in [0, 0.1) is 11.7 Å². The van der Waals surface area contributed by atoms with Crippen LogP contribution in [0.2, 0.25) is 0 Å². The van der Waals surface area contributed by atoms with Gasteiger partial charge in [-0.2, -0.15) is 0 Å². The van der Waals surface area contributed by atoms with Crippen LogP contribution in [-0.4, -0.2) is 37.6 Å². The molecule has 0 aliphatic carbocycles. The molecule has 1 aromatic carbocycles. The first-order valence-electron chi connectivity index (χ1n) is 5.98. The fourth-order valence-electron chi connectivity index (χ4n) is 2.19. The molecule has 1 heterocycles. The average Bonchev–Trinajstić information content (AvgIpc) is 2.86. The van der Waals surface area contributed by atoms with Crippen LogP contribution < -0.4 is 10.5 Å². The molecule has 2 rings (SSSR count). The van der Waals surface area contributed by atoms with Crippen molar-refractivity contribution in [1.29, 1.82) is 0 Å². The minimum absolute atomic E-state index is 0.146. The molecule has 1 atom stereocenters. The number of benzene rings is 1. The van der Waals surface area contributed by atoms with E-state index < -0.39 is 5.82 Å². The number of methoxy groups -OCH3 is 1. The Labute approximate surface area is 106 Å². The van der Waals surface area contributed by atoms with Gasteiger partial charge in [-0.25, -0.2) is 4.39 Å². The van der Waals surface area contributed by atoms with E-state index in [1.54, 1.807) is 11.0 Å². The third-order valence-corrected chi connectivity index (χ3v) is 3.31. The lowest BCUT2D eigenvalue weighted by molar-refractivity contribution is 0.0787. The molecule has 1 aromatic rings. The molecule has 2 N–H and O–H groups in total. The highest BCUT2D eigenvalue weighted by atomic mass is 19.1. The van der Waals surface area contributed by atoms with Gasteiger partial charge in [-0.15, -0.1) is 0 Å². The zero-order chi connectivity index (χ0) is 13.1. The minimum atomic E-state index is -0.516. The second kappa shape index (κ2) is 5.35.